The first-order valence-corrected chi connectivity index (χ1v) is 7.93. The summed E-state index contributed by atoms with van der Waals surface area (Å²) in [7, 11) is -4.35. The summed E-state index contributed by atoms with van der Waals surface area (Å²) in [6.45, 7) is 0. The fraction of sp³-hybridized carbons (Fsp3) is 0.364. The average molecular weight is 334 g/mol. The SMILES string of the molecule is N[C@@H](CCP(=O)(O)C(O)c1cc([N+](=O)[O-])ccc1O)C(=O)O. The van der Waals surface area contributed by atoms with Gasteiger partial charge in [0.05, 0.1) is 4.92 Å². The molecule has 10 nitrogen and oxygen atoms in total. The van der Waals surface area contributed by atoms with Crippen LogP contribution in [-0.4, -0.2) is 43.3 Å². The maximum Gasteiger partial charge on any atom is 0.320 e. The predicted molar refractivity (Wildman–Crippen MR) is 74.6 cm³/mol. The first-order valence-electron chi connectivity index (χ1n) is 6.01. The van der Waals surface area contributed by atoms with E-state index in [1.165, 1.54) is 0 Å². The van der Waals surface area contributed by atoms with Crippen LogP contribution in [0.4, 0.5) is 5.69 Å². The summed E-state index contributed by atoms with van der Waals surface area (Å²) in [5, 5.41) is 38.7. The van der Waals surface area contributed by atoms with Crippen LogP contribution in [0.2, 0.25) is 0 Å². The van der Waals surface area contributed by atoms with Crippen molar-refractivity contribution in [2.24, 2.45) is 5.73 Å². The molecular formula is C11H15N2O8P. The van der Waals surface area contributed by atoms with Crippen LogP contribution < -0.4 is 5.73 Å². The van der Waals surface area contributed by atoms with Gasteiger partial charge >= 0.3 is 5.97 Å². The van der Waals surface area contributed by atoms with Gasteiger partial charge in [0.2, 0.25) is 7.37 Å². The smallest absolute Gasteiger partial charge is 0.320 e. The van der Waals surface area contributed by atoms with Gasteiger partial charge in [0, 0.05) is 23.9 Å². The molecule has 0 aromatic heterocycles. The van der Waals surface area contributed by atoms with E-state index in [0.717, 1.165) is 18.2 Å². The molecule has 0 aliphatic heterocycles. The highest BCUT2D eigenvalue weighted by Gasteiger charge is 2.34. The molecule has 0 amide bonds. The predicted octanol–water partition coefficient (Wildman–Crippen LogP) is 0.364. The highest BCUT2D eigenvalue weighted by atomic mass is 31.2. The monoisotopic (exact) mass is 334 g/mol. The van der Waals surface area contributed by atoms with E-state index in [1.54, 1.807) is 0 Å². The lowest BCUT2D eigenvalue weighted by Gasteiger charge is -2.20. The van der Waals surface area contributed by atoms with E-state index in [9.17, 15) is 34.6 Å². The number of non-ortho nitro benzene ring substituents is 1. The van der Waals surface area contributed by atoms with Crippen molar-refractivity contribution in [1.82, 2.24) is 0 Å². The minimum Gasteiger partial charge on any atom is -0.508 e. The van der Waals surface area contributed by atoms with Gasteiger partial charge in [-0.1, -0.05) is 0 Å². The lowest BCUT2D eigenvalue weighted by Crippen LogP contribution is -2.31. The largest absolute Gasteiger partial charge is 0.508 e. The molecule has 0 spiro atoms. The number of rotatable bonds is 7. The molecule has 1 aromatic rings. The Labute approximate surface area is 124 Å². The Balaban J connectivity index is 3.00. The number of hydrogen-bond donors (Lipinski definition) is 5. The molecule has 6 N–H and O–H groups in total. The van der Waals surface area contributed by atoms with Gasteiger partial charge in [-0.05, 0) is 12.5 Å². The fourth-order valence-corrected chi connectivity index (χ4v) is 3.18. The van der Waals surface area contributed by atoms with Crippen LogP contribution in [0.5, 0.6) is 5.75 Å². The normalized spacial score (nSPS) is 16.5. The van der Waals surface area contributed by atoms with Crippen LogP contribution in [0.15, 0.2) is 18.2 Å². The number of aliphatic hydroxyl groups excluding tert-OH is 1. The highest BCUT2D eigenvalue weighted by Crippen LogP contribution is 2.56. The number of nitrogens with zero attached hydrogens (tertiary/aromatic N) is 1. The van der Waals surface area contributed by atoms with E-state index in [-0.39, 0.29) is 6.42 Å². The minimum atomic E-state index is -4.35. The molecule has 0 fully saturated rings. The summed E-state index contributed by atoms with van der Waals surface area (Å²) in [4.78, 5) is 30.2. The lowest BCUT2D eigenvalue weighted by molar-refractivity contribution is -0.385. The molecule has 22 heavy (non-hydrogen) atoms. The first kappa shape index (κ1) is 18.1. The molecule has 1 rings (SSSR count). The van der Waals surface area contributed by atoms with Crippen molar-refractivity contribution in [2.45, 2.75) is 18.3 Å². The number of nitrogens with two attached hydrogens (primary N) is 1. The number of carboxylic acid groups (broad SMARTS) is 1. The van der Waals surface area contributed by atoms with E-state index in [1.807, 2.05) is 0 Å². The fourth-order valence-electron chi connectivity index (χ4n) is 1.65. The zero-order valence-electron chi connectivity index (χ0n) is 11.2. The first-order chi connectivity index (χ1) is 10.1. The summed E-state index contributed by atoms with van der Waals surface area (Å²) >= 11 is 0. The number of hydrogen-bond acceptors (Lipinski definition) is 7. The molecule has 0 saturated heterocycles. The molecule has 11 heteroatoms. The van der Waals surface area contributed by atoms with E-state index in [0.29, 0.717) is 0 Å². The molecule has 0 heterocycles. The third-order valence-electron chi connectivity index (χ3n) is 2.96. The summed E-state index contributed by atoms with van der Waals surface area (Å²) in [6.07, 6.45) is -1.00. The van der Waals surface area contributed by atoms with E-state index in [4.69, 9.17) is 10.8 Å². The van der Waals surface area contributed by atoms with Crippen molar-refractivity contribution < 1.29 is 34.5 Å². The number of benzene rings is 1. The number of carbonyl (C=O) groups is 1. The second-order valence-electron chi connectivity index (χ2n) is 4.59. The van der Waals surface area contributed by atoms with Crippen molar-refractivity contribution >= 4 is 19.0 Å². The number of aromatic hydroxyl groups is 1. The van der Waals surface area contributed by atoms with Crippen molar-refractivity contribution in [3.8, 4) is 5.75 Å². The zero-order valence-corrected chi connectivity index (χ0v) is 12.1. The molecule has 0 aliphatic rings. The quantitative estimate of drug-likeness (QED) is 0.267. The molecule has 0 aliphatic carbocycles. The molecule has 1 aromatic carbocycles. The van der Waals surface area contributed by atoms with Crippen molar-refractivity contribution in [2.75, 3.05) is 6.16 Å². The highest BCUT2D eigenvalue weighted by molar-refractivity contribution is 7.58. The van der Waals surface area contributed by atoms with Gasteiger partial charge in [-0.3, -0.25) is 19.5 Å². The number of phenols is 1. The maximum atomic E-state index is 12.1. The van der Waals surface area contributed by atoms with E-state index >= 15 is 0 Å². The van der Waals surface area contributed by atoms with Crippen LogP contribution in [0, 0.1) is 10.1 Å². The topological polar surface area (TPSA) is 184 Å². The van der Waals surface area contributed by atoms with Gasteiger partial charge in [0.15, 0.2) is 5.85 Å². The van der Waals surface area contributed by atoms with Gasteiger partial charge in [-0.15, -0.1) is 0 Å². The minimum absolute atomic E-state index is 0.379. The molecule has 0 radical (unpaired) electrons. The second kappa shape index (κ2) is 6.84. The molecule has 3 atom stereocenters. The van der Waals surface area contributed by atoms with Gasteiger partial charge in [-0.2, -0.15) is 0 Å². The van der Waals surface area contributed by atoms with E-state index < -0.39 is 53.3 Å². The summed E-state index contributed by atoms with van der Waals surface area (Å²) in [6, 6.07) is 1.28. The zero-order chi connectivity index (χ0) is 17.1. The van der Waals surface area contributed by atoms with Crippen molar-refractivity contribution in [3.05, 3.63) is 33.9 Å². The molecular weight excluding hydrogens is 319 g/mol. The summed E-state index contributed by atoms with van der Waals surface area (Å²) in [5.74, 6) is -4.05. The molecule has 2 unspecified atom stereocenters. The van der Waals surface area contributed by atoms with Crippen LogP contribution in [-0.2, 0) is 9.36 Å². The second-order valence-corrected chi connectivity index (χ2v) is 7.03. The third kappa shape index (κ3) is 4.25. The molecule has 0 bridgehead atoms. The number of aliphatic hydroxyl groups is 1. The van der Waals surface area contributed by atoms with Crippen molar-refractivity contribution in [1.29, 1.82) is 0 Å². The average Bonchev–Trinajstić information content (AvgIpc) is 2.44. The standard InChI is InChI=1S/C11H15N2O8P/c12-8(10(15)16)3-4-22(20,21)11(17)7-5-6(13(18)19)1-2-9(7)14/h1-2,5,8,11,14,17H,3-4,12H2,(H,15,16)(H,20,21)/t8-,11?/m0/s1. The third-order valence-corrected chi connectivity index (χ3v) is 4.90. The van der Waals surface area contributed by atoms with Crippen LogP contribution in [0.1, 0.15) is 17.8 Å². The van der Waals surface area contributed by atoms with Crippen LogP contribution in [0.25, 0.3) is 0 Å². The Hall–Kier alpha value is -2.00. The van der Waals surface area contributed by atoms with Crippen LogP contribution in [0.3, 0.4) is 0 Å². The van der Waals surface area contributed by atoms with Crippen LogP contribution >= 0.6 is 7.37 Å². The molecule has 0 saturated carbocycles. The van der Waals surface area contributed by atoms with Gasteiger partial charge in [0.1, 0.15) is 11.8 Å². The number of aliphatic carboxylic acids is 1. The van der Waals surface area contributed by atoms with Gasteiger partial charge in [0.25, 0.3) is 5.69 Å². The Morgan fingerprint density at radius 2 is 2.05 bits per heavy atom. The Kier molecular flexibility index (Phi) is 5.61. The van der Waals surface area contributed by atoms with Gasteiger partial charge < -0.3 is 25.9 Å². The summed E-state index contributed by atoms with van der Waals surface area (Å²) < 4.78 is 12.1. The Morgan fingerprint density at radius 1 is 1.45 bits per heavy atom. The number of nitro groups is 1. The summed E-state index contributed by atoms with van der Waals surface area (Å²) in [5.41, 5.74) is 4.24. The Morgan fingerprint density at radius 3 is 2.55 bits per heavy atom. The number of phenolic OH excluding ortho intramolecular Hbond substituents is 1. The molecule has 122 valence electrons. The van der Waals surface area contributed by atoms with Gasteiger partial charge in [-0.25, -0.2) is 0 Å². The number of nitro benzene ring substituents is 1. The Bertz CT molecular complexity index is 635. The maximum absolute atomic E-state index is 12.1. The lowest BCUT2D eigenvalue weighted by atomic mass is 10.2. The van der Waals surface area contributed by atoms with Crippen molar-refractivity contribution in [3.63, 3.8) is 0 Å². The van der Waals surface area contributed by atoms with E-state index in [2.05, 4.69) is 0 Å². The number of carboxylic acids is 1.